The fourth-order valence-corrected chi connectivity index (χ4v) is 2.55. The second kappa shape index (κ2) is 6.92. The first-order chi connectivity index (χ1) is 11.2. The van der Waals surface area contributed by atoms with E-state index >= 15 is 0 Å². The standard InChI is InChI=1S/C19H19N3O/c1-15(23)20-13-18-5-2-3-6-19(18)17-9-7-16(8-10-17)14-22-12-4-11-21-22/h2-12H,13-14H2,1H3,(H,20,23). The molecule has 1 heterocycles. The Morgan fingerprint density at radius 3 is 2.57 bits per heavy atom. The molecule has 4 heteroatoms. The van der Waals surface area contributed by atoms with Crippen molar-refractivity contribution in [3.05, 3.63) is 78.1 Å². The lowest BCUT2D eigenvalue weighted by atomic mass is 9.98. The topological polar surface area (TPSA) is 46.9 Å². The van der Waals surface area contributed by atoms with Gasteiger partial charge in [-0.1, -0.05) is 48.5 Å². The van der Waals surface area contributed by atoms with Crippen LogP contribution in [0.3, 0.4) is 0 Å². The van der Waals surface area contributed by atoms with Crippen LogP contribution in [0.4, 0.5) is 0 Å². The summed E-state index contributed by atoms with van der Waals surface area (Å²) in [7, 11) is 0. The van der Waals surface area contributed by atoms with Crippen molar-refractivity contribution in [2.24, 2.45) is 0 Å². The highest BCUT2D eigenvalue weighted by Crippen LogP contribution is 2.24. The average Bonchev–Trinajstić information content (AvgIpc) is 3.07. The maximum absolute atomic E-state index is 11.1. The number of carbonyl (C=O) groups excluding carboxylic acids is 1. The van der Waals surface area contributed by atoms with Crippen LogP contribution in [0.25, 0.3) is 11.1 Å². The molecule has 1 aromatic heterocycles. The van der Waals surface area contributed by atoms with E-state index in [9.17, 15) is 4.79 Å². The van der Waals surface area contributed by atoms with E-state index in [0.29, 0.717) is 6.54 Å². The minimum absolute atomic E-state index is 0.0191. The van der Waals surface area contributed by atoms with Crippen molar-refractivity contribution >= 4 is 5.91 Å². The first-order valence-electron chi connectivity index (χ1n) is 7.61. The number of hydrogen-bond donors (Lipinski definition) is 1. The van der Waals surface area contributed by atoms with Gasteiger partial charge in [0.1, 0.15) is 0 Å². The molecular formula is C19H19N3O. The smallest absolute Gasteiger partial charge is 0.217 e. The molecule has 23 heavy (non-hydrogen) atoms. The fourth-order valence-electron chi connectivity index (χ4n) is 2.55. The monoisotopic (exact) mass is 305 g/mol. The maximum Gasteiger partial charge on any atom is 0.217 e. The van der Waals surface area contributed by atoms with Crippen molar-refractivity contribution in [1.29, 1.82) is 0 Å². The van der Waals surface area contributed by atoms with Crippen LogP contribution in [-0.4, -0.2) is 15.7 Å². The van der Waals surface area contributed by atoms with Crippen molar-refractivity contribution in [3.8, 4) is 11.1 Å². The van der Waals surface area contributed by atoms with Crippen molar-refractivity contribution in [2.75, 3.05) is 0 Å². The molecule has 0 radical (unpaired) electrons. The second-order valence-electron chi connectivity index (χ2n) is 5.47. The molecule has 116 valence electrons. The van der Waals surface area contributed by atoms with Crippen LogP contribution in [0.5, 0.6) is 0 Å². The van der Waals surface area contributed by atoms with E-state index in [1.165, 1.54) is 12.5 Å². The predicted octanol–water partition coefficient (Wildman–Crippen LogP) is 3.23. The molecule has 0 saturated carbocycles. The lowest BCUT2D eigenvalue weighted by molar-refractivity contribution is -0.119. The Labute approximate surface area is 135 Å². The molecule has 0 aliphatic rings. The molecule has 0 fully saturated rings. The third-order valence-electron chi connectivity index (χ3n) is 3.71. The molecule has 0 bridgehead atoms. The van der Waals surface area contributed by atoms with Gasteiger partial charge in [0.2, 0.25) is 5.91 Å². The van der Waals surface area contributed by atoms with Crippen LogP contribution >= 0.6 is 0 Å². The number of benzene rings is 2. The number of hydrogen-bond acceptors (Lipinski definition) is 2. The molecule has 3 rings (SSSR count). The van der Waals surface area contributed by atoms with E-state index in [1.807, 2.05) is 35.1 Å². The molecule has 3 aromatic rings. The highest BCUT2D eigenvalue weighted by atomic mass is 16.1. The summed E-state index contributed by atoms with van der Waals surface area (Å²) >= 11 is 0. The van der Waals surface area contributed by atoms with Crippen LogP contribution in [0.2, 0.25) is 0 Å². The van der Waals surface area contributed by atoms with Gasteiger partial charge in [-0.15, -0.1) is 0 Å². The minimum atomic E-state index is -0.0191. The van der Waals surface area contributed by atoms with E-state index in [0.717, 1.165) is 23.2 Å². The van der Waals surface area contributed by atoms with Crippen molar-refractivity contribution < 1.29 is 4.79 Å². The highest BCUT2D eigenvalue weighted by Gasteiger charge is 2.05. The Kier molecular flexibility index (Phi) is 4.52. The number of rotatable bonds is 5. The van der Waals surface area contributed by atoms with E-state index in [2.05, 4.69) is 40.7 Å². The van der Waals surface area contributed by atoms with Gasteiger partial charge in [-0.25, -0.2) is 0 Å². The summed E-state index contributed by atoms with van der Waals surface area (Å²) in [6, 6.07) is 18.5. The summed E-state index contributed by atoms with van der Waals surface area (Å²) in [5.41, 5.74) is 4.61. The van der Waals surface area contributed by atoms with Gasteiger partial charge in [-0.2, -0.15) is 5.10 Å². The molecule has 4 nitrogen and oxygen atoms in total. The SMILES string of the molecule is CC(=O)NCc1ccccc1-c1ccc(Cn2cccn2)cc1. The first-order valence-corrected chi connectivity index (χ1v) is 7.61. The van der Waals surface area contributed by atoms with Crippen LogP contribution in [0.15, 0.2) is 67.0 Å². The zero-order valence-electron chi connectivity index (χ0n) is 13.1. The molecule has 1 N–H and O–H groups in total. The van der Waals surface area contributed by atoms with Gasteiger partial charge < -0.3 is 5.32 Å². The number of nitrogens with zero attached hydrogens (tertiary/aromatic N) is 2. The van der Waals surface area contributed by atoms with E-state index in [1.54, 1.807) is 6.20 Å². The Balaban J connectivity index is 1.80. The summed E-state index contributed by atoms with van der Waals surface area (Å²) in [6.45, 7) is 2.84. The van der Waals surface area contributed by atoms with Gasteiger partial charge in [0.25, 0.3) is 0 Å². The molecule has 0 saturated heterocycles. The molecule has 2 aromatic carbocycles. The largest absolute Gasteiger partial charge is 0.352 e. The summed E-state index contributed by atoms with van der Waals surface area (Å²) in [5.74, 6) is -0.0191. The fraction of sp³-hybridized carbons (Fsp3) is 0.158. The molecule has 0 atom stereocenters. The molecule has 0 unspecified atom stereocenters. The molecule has 1 amide bonds. The summed E-state index contributed by atoms with van der Waals surface area (Å²) < 4.78 is 1.90. The van der Waals surface area contributed by atoms with Crippen LogP contribution in [-0.2, 0) is 17.9 Å². The van der Waals surface area contributed by atoms with Gasteiger partial charge in [0.15, 0.2) is 0 Å². The third kappa shape index (κ3) is 3.86. The van der Waals surface area contributed by atoms with E-state index < -0.39 is 0 Å². The van der Waals surface area contributed by atoms with Crippen molar-refractivity contribution in [1.82, 2.24) is 15.1 Å². The molecule has 0 aliphatic carbocycles. The molecular weight excluding hydrogens is 286 g/mol. The van der Waals surface area contributed by atoms with Crippen LogP contribution < -0.4 is 5.32 Å². The zero-order chi connectivity index (χ0) is 16.1. The van der Waals surface area contributed by atoms with Crippen LogP contribution in [0, 0.1) is 0 Å². The predicted molar refractivity (Wildman–Crippen MR) is 90.7 cm³/mol. The number of aromatic nitrogens is 2. The molecule has 0 aliphatic heterocycles. The lowest BCUT2D eigenvalue weighted by Gasteiger charge is -2.11. The summed E-state index contributed by atoms with van der Waals surface area (Å²) in [4.78, 5) is 11.1. The van der Waals surface area contributed by atoms with Crippen molar-refractivity contribution in [2.45, 2.75) is 20.0 Å². The van der Waals surface area contributed by atoms with Gasteiger partial charge in [-0.3, -0.25) is 9.48 Å². The van der Waals surface area contributed by atoms with Gasteiger partial charge in [0, 0.05) is 25.9 Å². The number of carbonyl (C=O) groups is 1. The van der Waals surface area contributed by atoms with E-state index in [4.69, 9.17) is 0 Å². The van der Waals surface area contributed by atoms with E-state index in [-0.39, 0.29) is 5.91 Å². The van der Waals surface area contributed by atoms with Gasteiger partial charge in [-0.05, 0) is 28.3 Å². The highest BCUT2D eigenvalue weighted by molar-refractivity contribution is 5.74. The first kappa shape index (κ1) is 15.0. The van der Waals surface area contributed by atoms with Gasteiger partial charge in [0.05, 0.1) is 6.54 Å². The maximum atomic E-state index is 11.1. The summed E-state index contributed by atoms with van der Waals surface area (Å²) in [5, 5.41) is 7.09. The van der Waals surface area contributed by atoms with Gasteiger partial charge >= 0.3 is 0 Å². The number of nitrogens with one attached hydrogen (secondary N) is 1. The normalized spacial score (nSPS) is 10.5. The quantitative estimate of drug-likeness (QED) is 0.786. The Morgan fingerprint density at radius 1 is 1.09 bits per heavy atom. The average molecular weight is 305 g/mol. The lowest BCUT2D eigenvalue weighted by Crippen LogP contribution is -2.19. The summed E-state index contributed by atoms with van der Waals surface area (Å²) in [6.07, 6.45) is 3.74. The Bertz CT molecular complexity index is 777. The Hall–Kier alpha value is -2.88. The van der Waals surface area contributed by atoms with Crippen LogP contribution in [0.1, 0.15) is 18.1 Å². The minimum Gasteiger partial charge on any atom is -0.352 e. The third-order valence-corrected chi connectivity index (χ3v) is 3.71. The molecule has 0 spiro atoms. The second-order valence-corrected chi connectivity index (χ2v) is 5.47. The number of amides is 1. The zero-order valence-corrected chi connectivity index (χ0v) is 13.1. The Morgan fingerprint density at radius 2 is 1.87 bits per heavy atom. The van der Waals surface area contributed by atoms with Crippen molar-refractivity contribution in [3.63, 3.8) is 0 Å².